The third-order valence-corrected chi connectivity index (χ3v) is 3.88. The zero-order valence-corrected chi connectivity index (χ0v) is 13.3. The van der Waals surface area contributed by atoms with Gasteiger partial charge in [-0.3, -0.25) is 0 Å². The lowest BCUT2D eigenvalue weighted by atomic mass is 10.0. The smallest absolute Gasteiger partial charge is 0.0426 e. The van der Waals surface area contributed by atoms with Gasteiger partial charge in [-0.15, -0.1) is 0 Å². The normalized spacial score (nSPS) is 12.9. The first-order valence-electron chi connectivity index (χ1n) is 6.03. The van der Waals surface area contributed by atoms with Crippen LogP contribution < -0.4 is 4.90 Å². The molecule has 0 aliphatic rings. The van der Waals surface area contributed by atoms with Crippen molar-refractivity contribution in [3.63, 3.8) is 0 Å². The number of hydrogen-bond acceptors (Lipinski definition) is 1. The second-order valence-corrected chi connectivity index (χ2v) is 5.99. The van der Waals surface area contributed by atoms with Gasteiger partial charge >= 0.3 is 0 Å². The van der Waals surface area contributed by atoms with Crippen LogP contribution in [0.25, 0.3) is 0 Å². The maximum atomic E-state index is 6.09. The van der Waals surface area contributed by atoms with E-state index in [2.05, 4.69) is 60.8 Å². The SMILES string of the molecule is CC(C)CC(C)N(C)c1cc(Cl)ccc1CBr. The summed E-state index contributed by atoms with van der Waals surface area (Å²) in [7, 11) is 2.14. The molecule has 1 atom stereocenters. The van der Waals surface area contributed by atoms with Gasteiger partial charge in [-0.2, -0.15) is 0 Å². The van der Waals surface area contributed by atoms with Crippen molar-refractivity contribution in [3.05, 3.63) is 28.8 Å². The van der Waals surface area contributed by atoms with Crippen LogP contribution in [0.1, 0.15) is 32.8 Å². The van der Waals surface area contributed by atoms with Gasteiger partial charge in [0.2, 0.25) is 0 Å². The molecule has 0 aromatic heterocycles. The second kappa shape index (κ2) is 6.65. The number of alkyl halides is 1. The molecule has 0 spiro atoms. The molecule has 1 nitrogen and oxygen atoms in total. The summed E-state index contributed by atoms with van der Waals surface area (Å²) in [4.78, 5) is 2.32. The molecular formula is C14H21BrClN. The van der Waals surface area contributed by atoms with Crippen LogP contribution in [0.2, 0.25) is 5.02 Å². The van der Waals surface area contributed by atoms with E-state index in [1.54, 1.807) is 0 Å². The van der Waals surface area contributed by atoms with E-state index < -0.39 is 0 Å². The Kier molecular flexibility index (Phi) is 5.81. The quantitative estimate of drug-likeness (QED) is 0.682. The summed E-state index contributed by atoms with van der Waals surface area (Å²) < 4.78 is 0. The number of rotatable bonds is 5. The fraction of sp³-hybridized carbons (Fsp3) is 0.571. The summed E-state index contributed by atoms with van der Waals surface area (Å²) in [6.07, 6.45) is 1.19. The summed E-state index contributed by atoms with van der Waals surface area (Å²) in [6, 6.07) is 6.61. The van der Waals surface area contributed by atoms with Gasteiger partial charge < -0.3 is 4.90 Å². The molecule has 1 aromatic rings. The Labute approximate surface area is 118 Å². The third-order valence-electron chi connectivity index (χ3n) is 3.04. The minimum atomic E-state index is 0.520. The molecule has 0 radical (unpaired) electrons. The fourth-order valence-electron chi connectivity index (χ4n) is 2.06. The Morgan fingerprint density at radius 3 is 2.47 bits per heavy atom. The molecule has 0 saturated carbocycles. The highest BCUT2D eigenvalue weighted by Crippen LogP contribution is 2.28. The maximum absolute atomic E-state index is 6.09. The summed E-state index contributed by atoms with van der Waals surface area (Å²) in [5, 5.41) is 1.66. The van der Waals surface area contributed by atoms with E-state index in [9.17, 15) is 0 Å². The van der Waals surface area contributed by atoms with Gasteiger partial charge in [-0.05, 0) is 37.0 Å². The van der Waals surface area contributed by atoms with E-state index in [4.69, 9.17) is 11.6 Å². The number of halogens is 2. The predicted octanol–water partition coefficient (Wildman–Crippen LogP) is 5.11. The molecule has 1 unspecified atom stereocenters. The predicted molar refractivity (Wildman–Crippen MR) is 81.4 cm³/mol. The van der Waals surface area contributed by atoms with Crippen LogP contribution in [-0.2, 0) is 5.33 Å². The van der Waals surface area contributed by atoms with E-state index in [-0.39, 0.29) is 0 Å². The first-order chi connectivity index (χ1) is 7.95. The molecule has 96 valence electrons. The van der Waals surface area contributed by atoms with Crippen molar-refractivity contribution in [2.24, 2.45) is 5.92 Å². The van der Waals surface area contributed by atoms with Gasteiger partial charge in [0, 0.05) is 29.1 Å². The van der Waals surface area contributed by atoms with Crippen LogP contribution in [-0.4, -0.2) is 13.1 Å². The van der Waals surface area contributed by atoms with Gasteiger partial charge in [0.15, 0.2) is 0 Å². The van der Waals surface area contributed by atoms with E-state index in [0.717, 1.165) is 10.4 Å². The minimum Gasteiger partial charge on any atom is -0.372 e. The molecule has 0 fully saturated rings. The molecule has 0 heterocycles. The highest BCUT2D eigenvalue weighted by molar-refractivity contribution is 9.08. The van der Waals surface area contributed by atoms with Gasteiger partial charge in [0.1, 0.15) is 0 Å². The van der Waals surface area contributed by atoms with Crippen LogP contribution >= 0.6 is 27.5 Å². The highest BCUT2D eigenvalue weighted by atomic mass is 79.9. The van der Waals surface area contributed by atoms with Crippen LogP contribution in [0.15, 0.2) is 18.2 Å². The van der Waals surface area contributed by atoms with E-state index in [1.165, 1.54) is 17.7 Å². The molecule has 0 saturated heterocycles. The monoisotopic (exact) mass is 317 g/mol. The van der Waals surface area contributed by atoms with E-state index >= 15 is 0 Å². The highest BCUT2D eigenvalue weighted by Gasteiger charge is 2.14. The molecule has 1 rings (SSSR count). The molecule has 0 bridgehead atoms. The number of benzene rings is 1. The molecule has 0 aliphatic carbocycles. The number of nitrogens with zero attached hydrogens (tertiary/aromatic N) is 1. The average molecular weight is 319 g/mol. The van der Waals surface area contributed by atoms with Crippen molar-refractivity contribution in [3.8, 4) is 0 Å². The number of anilines is 1. The third kappa shape index (κ3) is 4.18. The Hall–Kier alpha value is -0.210. The van der Waals surface area contributed by atoms with Crippen LogP contribution in [0.5, 0.6) is 0 Å². The van der Waals surface area contributed by atoms with Gasteiger partial charge in [-0.25, -0.2) is 0 Å². The van der Waals surface area contributed by atoms with Crippen LogP contribution in [0.4, 0.5) is 5.69 Å². The van der Waals surface area contributed by atoms with E-state index in [0.29, 0.717) is 12.0 Å². The average Bonchev–Trinajstić information content (AvgIpc) is 2.27. The Bertz CT molecular complexity index is 365. The minimum absolute atomic E-state index is 0.520. The van der Waals surface area contributed by atoms with Crippen molar-refractivity contribution < 1.29 is 0 Å². The second-order valence-electron chi connectivity index (χ2n) is 5.00. The molecule has 0 amide bonds. The lowest BCUT2D eigenvalue weighted by Crippen LogP contribution is -2.30. The first-order valence-corrected chi connectivity index (χ1v) is 7.52. The fourth-order valence-corrected chi connectivity index (χ4v) is 2.70. The summed E-state index contributed by atoms with van der Waals surface area (Å²) >= 11 is 9.62. The largest absolute Gasteiger partial charge is 0.372 e. The maximum Gasteiger partial charge on any atom is 0.0426 e. The lowest BCUT2D eigenvalue weighted by molar-refractivity contribution is 0.504. The Morgan fingerprint density at radius 2 is 1.94 bits per heavy atom. The van der Waals surface area contributed by atoms with E-state index in [1.807, 2.05) is 6.07 Å². The Morgan fingerprint density at radius 1 is 1.29 bits per heavy atom. The van der Waals surface area contributed by atoms with Crippen molar-refractivity contribution in [1.82, 2.24) is 0 Å². The van der Waals surface area contributed by atoms with Crippen molar-refractivity contribution in [2.75, 3.05) is 11.9 Å². The molecule has 17 heavy (non-hydrogen) atoms. The van der Waals surface area contributed by atoms with Crippen molar-refractivity contribution in [1.29, 1.82) is 0 Å². The number of hydrogen-bond donors (Lipinski definition) is 0. The molecule has 3 heteroatoms. The van der Waals surface area contributed by atoms with Crippen molar-refractivity contribution in [2.45, 2.75) is 38.6 Å². The first kappa shape index (κ1) is 14.8. The molecular weight excluding hydrogens is 298 g/mol. The van der Waals surface area contributed by atoms with Gasteiger partial charge in [-0.1, -0.05) is 47.4 Å². The summed E-state index contributed by atoms with van der Waals surface area (Å²) in [6.45, 7) is 6.78. The standard InChI is InChI=1S/C14H21BrClN/c1-10(2)7-11(3)17(4)14-8-13(16)6-5-12(14)9-15/h5-6,8,10-11H,7,9H2,1-4H3. The van der Waals surface area contributed by atoms with Gasteiger partial charge in [0.25, 0.3) is 0 Å². The van der Waals surface area contributed by atoms with Crippen LogP contribution in [0.3, 0.4) is 0 Å². The lowest BCUT2D eigenvalue weighted by Gasteiger charge is -2.30. The zero-order valence-electron chi connectivity index (χ0n) is 11.0. The summed E-state index contributed by atoms with van der Waals surface area (Å²) in [5.41, 5.74) is 2.51. The molecule has 0 N–H and O–H groups in total. The molecule has 1 aromatic carbocycles. The topological polar surface area (TPSA) is 3.24 Å². The molecule has 0 aliphatic heterocycles. The Balaban J connectivity index is 2.93. The summed E-state index contributed by atoms with van der Waals surface area (Å²) in [5.74, 6) is 0.707. The van der Waals surface area contributed by atoms with Crippen molar-refractivity contribution >= 4 is 33.2 Å². The zero-order chi connectivity index (χ0) is 13.0. The van der Waals surface area contributed by atoms with Gasteiger partial charge in [0.05, 0.1) is 0 Å². The van der Waals surface area contributed by atoms with Crippen LogP contribution in [0, 0.1) is 5.92 Å².